The van der Waals surface area contributed by atoms with Crippen molar-refractivity contribution in [3.8, 4) is 17.2 Å². The van der Waals surface area contributed by atoms with Gasteiger partial charge in [-0.25, -0.2) is 0 Å². The Morgan fingerprint density at radius 2 is 1.81 bits per heavy atom. The van der Waals surface area contributed by atoms with E-state index in [1.807, 2.05) is 13.8 Å². The first-order valence-corrected chi connectivity index (χ1v) is 8.80. The molecule has 1 heterocycles. The summed E-state index contributed by atoms with van der Waals surface area (Å²) in [6.07, 6.45) is -3.48. The van der Waals surface area contributed by atoms with Crippen LogP contribution in [0.3, 0.4) is 0 Å². The molecule has 4 N–H and O–H groups in total. The van der Waals surface area contributed by atoms with Crippen LogP contribution < -0.4 is 19.5 Å². The Morgan fingerprint density at radius 3 is 2.42 bits per heavy atom. The molecule has 1 aromatic carbocycles. The highest BCUT2D eigenvalue weighted by molar-refractivity contribution is 6.01. The molecule has 0 bridgehead atoms. The first-order chi connectivity index (χ1) is 12.4. The predicted molar refractivity (Wildman–Crippen MR) is 92.0 cm³/mol. The van der Waals surface area contributed by atoms with Gasteiger partial charge in [-0.15, -0.1) is 0 Å². The van der Waals surface area contributed by atoms with Crippen LogP contribution in [0.15, 0.2) is 6.07 Å². The number of nitrogens with one attached hydrogen (secondary N) is 1. The number of fused-ring (bicyclic) bond motifs is 3. The van der Waals surface area contributed by atoms with E-state index in [0.29, 0.717) is 35.8 Å². The van der Waals surface area contributed by atoms with Gasteiger partial charge in [0.05, 0.1) is 38.0 Å². The van der Waals surface area contributed by atoms with Crippen molar-refractivity contribution in [1.82, 2.24) is 5.32 Å². The largest absolute Gasteiger partial charge is 0.492 e. The normalized spacial score (nSPS) is 30.1. The van der Waals surface area contributed by atoms with E-state index >= 15 is 0 Å². The summed E-state index contributed by atoms with van der Waals surface area (Å²) in [5.41, 5.74) is 0.906. The minimum Gasteiger partial charge on any atom is -0.492 e. The first kappa shape index (κ1) is 18.8. The van der Waals surface area contributed by atoms with Gasteiger partial charge < -0.3 is 34.8 Å². The number of aliphatic hydroxyl groups excluding tert-OH is 3. The Kier molecular flexibility index (Phi) is 5.27. The quantitative estimate of drug-likeness (QED) is 0.586. The molecule has 1 aliphatic heterocycles. The topological polar surface area (TPSA) is 117 Å². The van der Waals surface area contributed by atoms with Gasteiger partial charge in [0.1, 0.15) is 12.2 Å². The van der Waals surface area contributed by atoms with Gasteiger partial charge in [-0.3, -0.25) is 4.79 Å². The summed E-state index contributed by atoms with van der Waals surface area (Å²) < 4.78 is 16.8. The Labute approximate surface area is 151 Å². The summed E-state index contributed by atoms with van der Waals surface area (Å²) >= 11 is 0. The number of hydrogen-bond acceptors (Lipinski definition) is 7. The molecule has 2 aliphatic rings. The third-order valence-corrected chi connectivity index (χ3v) is 4.99. The Hall–Kier alpha value is -2.03. The molecule has 26 heavy (non-hydrogen) atoms. The molecule has 3 rings (SSSR count). The van der Waals surface area contributed by atoms with Gasteiger partial charge in [-0.1, -0.05) is 0 Å². The van der Waals surface area contributed by atoms with Crippen LogP contribution in [0.25, 0.3) is 0 Å². The number of hydrogen-bond donors (Lipinski definition) is 4. The summed E-state index contributed by atoms with van der Waals surface area (Å²) in [6.45, 7) is 4.42. The van der Waals surface area contributed by atoms with Crippen molar-refractivity contribution in [1.29, 1.82) is 0 Å². The van der Waals surface area contributed by atoms with Crippen molar-refractivity contribution in [2.75, 3.05) is 20.3 Å². The standard InChI is InChI=1S/C18H25NO7/c1-4-25-11-7-8-9-6-10(20)14(21)15(22)13(9)19-18(23)12(8)17(24-3)16(11)26-5-2/h7,9-10,13-15,20-22H,4-6H2,1-3H3,(H,19,23). The summed E-state index contributed by atoms with van der Waals surface area (Å²) in [4.78, 5) is 12.7. The highest BCUT2D eigenvalue weighted by atomic mass is 16.5. The number of carbonyl (C=O) groups is 1. The minimum atomic E-state index is -1.31. The molecule has 0 aromatic heterocycles. The van der Waals surface area contributed by atoms with Gasteiger partial charge >= 0.3 is 0 Å². The molecule has 1 aliphatic carbocycles. The third kappa shape index (κ3) is 2.87. The minimum absolute atomic E-state index is 0.193. The van der Waals surface area contributed by atoms with E-state index in [4.69, 9.17) is 14.2 Å². The zero-order valence-electron chi connectivity index (χ0n) is 15.1. The van der Waals surface area contributed by atoms with Crippen LogP contribution in [0.2, 0.25) is 0 Å². The molecule has 8 nitrogen and oxygen atoms in total. The van der Waals surface area contributed by atoms with Gasteiger partial charge in [0.2, 0.25) is 5.75 Å². The molecule has 1 saturated carbocycles. The van der Waals surface area contributed by atoms with E-state index in [0.717, 1.165) is 0 Å². The molecule has 5 unspecified atom stereocenters. The lowest BCUT2D eigenvalue weighted by Gasteiger charge is -2.44. The number of aliphatic hydroxyl groups is 3. The maximum absolute atomic E-state index is 12.7. The van der Waals surface area contributed by atoms with Crippen LogP contribution in [0.1, 0.15) is 42.1 Å². The molecule has 1 fully saturated rings. The van der Waals surface area contributed by atoms with E-state index < -0.39 is 30.3 Å². The first-order valence-electron chi connectivity index (χ1n) is 8.80. The van der Waals surface area contributed by atoms with Crippen molar-refractivity contribution in [2.24, 2.45) is 0 Å². The fourth-order valence-electron chi connectivity index (χ4n) is 3.85. The molecule has 0 spiro atoms. The van der Waals surface area contributed by atoms with Crippen LogP contribution in [0.5, 0.6) is 17.2 Å². The van der Waals surface area contributed by atoms with Crippen molar-refractivity contribution in [3.05, 3.63) is 17.2 Å². The Balaban J connectivity index is 2.18. The van der Waals surface area contributed by atoms with Gasteiger partial charge in [0.15, 0.2) is 11.5 Å². The summed E-state index contributed by atoms with van der Waals surface area (Å²) in [6, 6.07) is 1.01. The van der Waals surface area contributed by atoms with E-state index in [-0.39, 0.29) is 18.1 Å². The lowest BCUT2D eigenvalue weighted by Crippen LogP contribution is -2.61. The second kappa shape index (κ2) is 7.30. The van der Waals surface area contributed by atoms with E-state index in [2.05, 4.69) is 5.32 Å². The summed E-state index contributed by atoms with van der Waals surface area (Å²) in [5.74, 6) is 0.234. The fraction of sp³-hybridized carbons (Fsp3) is 0.611. The molecule has 144 valence electrons. The average molecular weight is 367 g/mol. The highest BCUT2D eigenvalue weighted by Gasteiger charge is 2.48. The molecular weight excluding hydrogens is 342 g/mol. The number of carbonyl (C=O) groups excluding carboxylic acids is 1. The zero-order valence-corrected chi connectivity index (χ0v) is 15.1. The number of rotatable bonds is 5. The smallest absolute Gasteiger partial charge is 0.255 e. The average Bonchev–Trinajstić information content (AvgIpc) is 2.62. The molecule has 0 radical (unpaired) electrons. The van der Waals surface area contributed by atoms with Crippen LogP contribution in [-0.4, -0.2) is 65.9 Å². The second-order valence-electron chi connectivity index (χ2n) is 6.46. The number of amides is 1. The number of benzene rings is 1. The molecule has 5 atom stereocenters. The van der Waals surface area contributed by atoms with E-state index in [1.165, 1.54) is 7.11 Å². The number of ether oxygens (including phenoxy) is 3. The zero-order chi connectivity index (χ0) is 19.0. The molecule has 8 heteroatoms. The van der Waals surface area contributed by atoms with Crippen LogP contribution in [0, 0.1) is 0 Å². The lowest BCUT2D eigenvalue weighted by molar-refractivity contribution is -0.104. The molecule has 1 aromatic rings. The van der Waals surface area contributed by atoms with E-state index in [1.54, 1.807) is 6.07 Å². The summed E-state index contributed by atoms with van der Waals surface area (Å²) in [7, 11) is 1.45. The fourth-order valence-corrected chi connectivity index (χ4v) is 3.85. The maximum Gasteiger partial charge on any atom is 0.255 e. The summed E-state index contributed by atoms with van der Waals surface area (Å²) in [5, 5.41) is 33.1. The van der Waals surface area contributed by atoms with Gasteiger partial charge in [0, 0.05) is 5.92 Å². The highest BCUT2D eigenvalue weighted by Crippen LogP contribution is 2.48. The molecule has 1 amide bonds. The van der Waals surface area contributed by atoms with Gasteiger partial charge in [0.25, 0.3) is 5.91 Å². The number of methoxy groups -OCH3 is 1. The van der Waals surface area contributed by atoms with Crippen molar-refractivity contribution in [2.45, 2.75) is 50.5 Å². The van der Waals surface area contributed by atoms with Gasteiger partial charge in [-0.05, 0) is 31.9 Å². The third-order valence-electron chi connectivity index (χ3n) is 4.99. The Bertz CT molecular complexity index is 693. The van der Waals surface area contributed by atoms with E-state index in [9.17, 15) is 20.1 Å². The van der Waals surface area contributed by atoms with Gasteiger partial charge in [-0.2, -0.15) is 0 Å². The predicted octanol–water partition coefficient (Wildman–Crippen LogP) is 0.175. The maximum atomic E-state index is 12.7. The SMILES string of the molecule is CCOc1cc2c(c(OC)c1OCC)C(=O)NC1C2CC(O)C(O)C1O. The van der Waals surface area contributed by atoms with Crippen molar-refractivity contribution in [3.63, 3.8) is 0 Å². The Morgan fingerprint density at radius 1 is 1.12 bits per heavy atom. The van der Waals surface area contributed by atoms with Crippen molar-refractivity contribution >= 4 is 5.91 Å². The lowest BCUT2D eigenvalue weighted by atomic mass is 9.72. The second-order valence-corrected chi connectivity index (χ2v) is 6.46. The van der Waals surface area contributed by atoms with Crippen LogP contribution in [-0.2, 0) is 0 Å². The van der Waals surface area contributed by atoms with Crippen LogP contribution in [0.4, 0.5) is 0 Å². The monoisotopic (exact) mass is 367 g/mol. The molecule has 0 saturated heterocycles. The van der Waals surface area contributed by atoms with Crippen LogP contribution >= 0.6 is 0 Å². The molecular formula is C18H25NO7. The van der Waals surface area contributed by atoms with Crippen molar-refractivity contribution < 1.29 is 34.3 Å².